The average Bonchev–Trinajstić information content (AvgIpc) is 2.40. The lowest BCUT2D eigenvalue weighted by molar-refractivity contribution is -0.0539. The summed E-state index contributed by atoms with van der Waals surface area (Å²) < 4.78 is 19.7. The van der Waals surface area contributed by atoms with Gasteiger partial charge in [-0.05, 0) is 24.8 Å². The van der Waals surface area contributed by atoms with E-state index >= 15 is 0 Å². The SMILES string of the molecule is CC1CCCC2(COC(c3ccccc3F)CN2)C1. The maximum atomic E-state index is 13.8. The number of rotatable bonds is 1. The van der Waals surface area contributed by atoms with Crippen LogP contribution < -0.4 is 5.32 Å². The molecule has 1 heterocycles. The Labute approximate surface area is 114 Å². The highest BCUT2D eigenvalue weighted by molar-refractivity contribution is 5.21. The van der Waals surface area contributed by atoms with Gasteiger partial charge in [-0.2, -0.15) is 0 Å². The molecule has 1 aromatic carbocycles. The van der Waals surface area contributed by atoms with Crippen molar-refractivity contribution in [3.63, 3.8) is 0 Å². The van der Waals surface area contributed by atoms with Gasteiger partial charge >= 0.3 is 0 Å². The minimum absolute atomic E-state index is 0.138. The summed E-state index contributed by atoms with van der Waals surface area (Å²) in [4.78, 5) is 0. The molecule has 2 nitrogen and oxygen atoms in total. The van der Waals surface area contributed by atoms with Gasteiger partial charge in [0.1, 0.15) is 5.82 Å². The minimum Gasteiger partial charge on any atom is -0.370 e. The molecular weight excluding hydrogens is 241 g/mol. The van der Waals surface area contributed by atoms with Gasteiger partial charge in [0.15, 0.2) is 0 Å². The number of morpholine rings is 1. The maximum absolute atomic E-state index is 13.8. The van der Waals surface area contributed by atoms with Crippen molar-refractivity contribution in [1.29, 1.82) is 0 Å². The van der Waals surface area contributed by atoms with Crippen molar-refractivity contribution >= 4 is 0 Å². The number of hydrogen-bond donors (Lipinski definition) is 1. The second-order valence-corrected chi connectivity index (χ2v) is 6.18. The highest BCUT2D eigenvalue weighted by atomic mass is 19.1. The fourth-order valence-corrected chi connectivity index (χ4v) is 3.57. The molecule has 1 spiro atoms. The molecule has 0 aromatic heterocycles. The molecule has 1 saturated carbocycles. The van der Waals surface area contributed by atoms with E-state index in [-0.39, 0.29) is 17.5 Å². The van der Waals surface area contributed by atoms with Crippen molar-refractivity contribution < 1.29 is 9.13 Å². The first-order valence-corrected chi connectivity index (χ1v) is 7.30. The number of hydrogen-bond acceptors (Lipinski definition) is 2. The van der Waals surface area contributed by atoms with Crippen LogP contribution in [0.3, 0.4) is 0 Å². The Hall–Kier alpha value is -0.930. The van der Waals surface area contributed by atoms with E-state index in [1.165, 1.54) is 31.7 Å². The Kier molecular flexibility index (Phi) is 3.59. The Morgan fingerprint density at radius 3 is 2.89 bits per heavy atom. The van der Waals surface area contributed by atoms with Gasteiger partial charge in [0, 0.05) is 17.6 Å². The van der Waals surface area contributed by atoms with Gasteiger partial charge in [0.25, 0.3) is 0 Å². The number of halogens is 1. The third kappa shape index (κ3) is 2.67. The largest absolute Gasteiger partial charge is 0.370 e. The molecule has 1 aliphatic carbocycles. The van der Waals surface area contributed by atoms with Gasteiger partial charge < -0.3 is 10.1 Å². The van der Waals surface area contributed by atoms with E-state index in [0.29, 0.717) is 18.7 Å². The summed E-state index contributed by atoms with van der Waals surface area (Å²) in [6.45, 7) is 3.73. The molecule has 1 aromatic rings. The van der Waals surface area contributed by atoms with Crippen LogP contribution in [-0.4, -0.2) is 18.7 Å². The molecule has 1 aliphatic heterocycles. The molecule has 2 fully saturated rings. The molecule has 2 aliphatic rings. The second kappa shape index (κ2) is 5.22. The lowest BCUT2D eigenvalue weighted by atomic mass is 9.76. The molecule has 1 saturated heterocycles. The van der Waals surface area contributed by atoms with Crippen molar-refractivity contribution in [2.24, 2.45) is 5.92 Å². The lowest BCUT2D eigenvalue weighted by Crippen LogP contribution is -2.57. The van der Waals surface area contributed by atoms with E-state index in [2.05, 4.69) is 12.2 Å². The Balaban J connectivity index is 1.68. The van der Waals surface area contributed by atoms with Crippen LogP contribution in [0.25, 0.3) is 0 Å². The predicted molar refractivity (Wildman–Crippen MR) is 73.5 cm³/mol. The molecule has 0 amide bonds. The molecule has 3 unspecified atom stereocenters. The summed E-state index contributed by atoms with van der Waals surface area (Å²) in [6.07, 6.45) is 4.80. The van der Waals surface area contributed by atoms with Crippen LogP contribution in [0.15, 0.2) is 24.3 Å². The van der Waals surface area contributed by atoms with E-state index < -0.39 is 0 Å². The quantitative estimate of drug-likeness (QED) is 0.838. The zero-order valence-corrected chi connectivity index (χ0v) is 11.5. The zero-order valence-electron chi connectivity index (χ0n) is 11.5. The van der Waals surface area contributed by atoms with Gasteiger partial charge in [-0.1, -0.05) is 38.0 Å². The topological polar surface area (TPSA) is 21.3 Å². The molecule has 3 heteroatoms. The number of nitrogens with one attached hydrogen (secondary N) is 1. The van der Waals surface area contributed by atoms with Gasteiger partial charge in [-0.3, -0.25) is 0 Å². The Bertz CT molecular complexity index is 440. The van der Waals surface area contributed by atoms with Gasteiger partial charge in [0.2, 0.25) is 0 Å². The minimum atomic E-state index is -0.165. The third-order valence-corrected chi connectivity index (χ3v) is 4.57. The Morgan fingerprint density at radius 2 is 2.21 bits per heavy atom. The average molecular weight is 263 g/mol. The predicted octanol–water partition coefficient (Wildman–Crippen LogP) is 3.44. The first-order valence-electron chi connectivity index (χ1n) is 7.30. The maximum Gasteiger partial charge on any atom is 0.129 e. The highest BCUT2D eigenvalue weighted by Crippen LogP contribution is 2.36. The van der Waals surface area contributed by atoms with Crippen LogP contribution in [0.5, 0.6) is 0 Å². The van der Waals surface area contributed by atoms with Crippen LogP contribution in [0.1, 0.15) is 44.3 Å². The molecule has 3 atom stereocenters. The van der Waals surface area contributed by atoms with Gasteiger partial charge in [-0.25, -0.2) is 4.39 Å². The summed E-state index contributed by atoms with van der Waals surface area (Å²) in [6, 6.07) is 6.92. The molecule has 19 heavy (non-hydrogen) atoms. The van der Waals surface area contributed by atoms with E-state index in [4.69, 9.17) is 4.74 Å². The molecule has 104 valence electrons. The summed E-state index contributed by atoms with van der Waals surface area (Å²) in [5.74, 6) is 0.595. The summed E-state index contributed by atoms with van der Waals surface area (Å²) in [5.41, 5.74) is 0.813. The zero-order chi connectivity index (χ0) is 13.3. The summed E-state index contributed by atoms with van der Waals surface area (Å²) >= 11 is 0. The van der Waals surface area contributed by atoms with Crippen molar-refractivity contribution in [2.45, 2.75) is 44.2 Å². The van der Waals surface area contributed by atoms with Crippen LogP contribution in [-0.2, 0) is 4.74 Å². The number of benzene rings is 1. The third-order valence-electron chi connectivity index (χ3n) is 4.57. The molecular formula is C16H22FNO. The molecule has 1 N–H and O–H groups in total. The highest BCUT2D eigenvalue weighted by Gasteiger charge is 2.39. The van der Waals surface area contributed by atoms with E-state index in [1.54, 1.807) is 6.07 Å². The smallest absolute Gasteiger partial charge is 0.129 e. The van der Waals surface area contributed by atoms with Crippen LogP contribution in [0, 0.1) is 11.7 Å². The van der Waals surface area contributed by atoms with Crippen molar-refractivity contribution in [3.8, 4) is 0 Å². The second-order valence-electron chi connectivity index (χ2n) is 6.18. The van der Waals surface area contributed by atoms with Crippen molar-refractivity contribution in [1.82, 2.24) is 5.32 Å². The monoisotopic (exact) mass is 263 g/mol. The molecule has 0 radical (unpaired) electrons. The van der Waals surface area contributed by atoms with Gasteiger partial charge in [0.05, 0.1) is 12.7 Å². The van der Waals surface area contributed by atoms with Crippen LogP contribution in [0.2, 0.25) is 0 Å². The fraction of sp³-hybridized carbons (Fsp3) is 0.625. The van der Waals surface area contributed by atoms with Crippen LogP contribution >= 0.6 is 0 Å². The lowest BCUT2D eigenvalue weighted by Gasteiger charge is -2.45. The summed E-state index contributed by atoms with van der Waals surface area (Å²) in [5, 5.41) is 3.65. The van der Waals surface area contributed by atoms with E-state index in [9.17, 15) is 4.39 Å². The molecule has 0 bridgehead atoms. The summed E-state index contributed by atoms with van der Waals surface area (Å²) in [7, 11) is 0. The van der Waals surface area contributed by atoms with Crippen LogP contribution in [0.4, 0.5) is 4.39 Å². The number of ether oxygens (including phenoxy) is 1. The Morgan fingerprint density at radius 1 is 1.37 bits per heavy atom. The first kappa shape index (κ1) is 13.1. The van der Waals surface area contributed by atoms with Crippen molar-refractivity contribution in [2.75, 3.05) is 13.2 Å². The van der Waals surface area contributed by atoms with E-state index in [1.807, 2.05) is 12.1 Å². The molecule has 3 rings (SSSR count). The fourth-order valence-electron chi connectivity index (χ4n) is 3.57. The van der Waals surface area contributed by atoms with Gasteiger partial charge in [-0.15, -0.1) is 0 Å². The first-order chi connectivity index (χ1) is 9.19. The van der Waals surface area contributed by atoms with Crippen molar-refractivity contribution in [3.05, 3.63) is 35.6 Å². The normalized spacial score (nSPS) is 35.5. The standard InChI is InChI=1S/C16H22FNO/c1-12-5-4-8-16(9-12)11-19-15(10-18-16)13-6-2-3-7-14(13)17/h2-3,6-7,12,15,18H,4-5,8-11H2,1H3. The van der Waals surface area contributed by atoms with E-state index in [0.717, 1.165) is 5.92 Å².